The number of aryl methyl sites for hydroxylation is 2. The van der Waals surface area contributed by atoms with E-state index >= 15 is 0 Å². The van der Waals surface area contributed by atoms with E-state index in [0.717, 1.165) is 46.3 Å². The second kappa shape index (κ2) is 6.97. The second-order valence-corrected chi connectivity index (χ2v) is 7.71. The van der Waals surface area contributed by atoms with Crippen LogP contribution in [0.5, 0.6) is 0 Å². The predicted molar refractivity (Wildman–Crippen MR) is 93.6 cm³/mol. The number of halogens is 1. The quantitative estimate of drug-likeness (QED) is 0.799. The summed E-state index contributed by atoms with van der Waals surface area (Å²) >= 11 is 5.01. The zero-order chi connectivity index (χ0) is 16.4. The fraction of sp³-hybridized carbons (Fsp3) is 0.438. The van der Waals surface area contributed by atoms with Gasteiger partial charge in [0.2, 0.25) is 5.91 Å². The van der Waals surface area contributed by atoms with Crippen molar-refractivity contribution in [2.24, 2.45) is 0 Å². The fourth-order valence-electron chi connectivity index (χ4n) is 2.72. The Labute approximate surface area is 147 Å². The highest BCUT2D eigenvalue weighted by Gasteiger charge is 2.16. The third kappa shape index (κ3) is 3.90. The van der Waals surface area contributed by atoms with Crippen molar-refractivity contribution in [1.29, 1.82) is 0 Å². The molecule has 0 saturated carbocycles. The van der Waals surface area contributed by atoms with Gasteiger partial charge in [-0.25, -0.2) is 4.68 Å². The van der Waals surface area contributed by atoms with Crippen molar-refractivity contribution in [2.45, 2.75) is 38.8 Å². The molecule has 0 N–H and O–H groups in total. The number of rotatable bonds is 4. The normalized spacial score (nSPS) is 13.7. The van der Waals surface area contributed by atoms with Gasteiger partial charge in [0, 0.05) is 27.8 Å². The zero-order valence-corrected chi connectivity index (χ0v) is 15.3. The van der Waals surface area contributed by atoms with Crippen LogP contribution in [0.25, 0.3) is 0 Å². The molecular weight excluding hydrogens is 378 g/mol. The lowest BCUT2D eigenvalue weighted by atomic mass is 9.97. The Morgan fingerprint density at radius 3 is 2.91 bits per heavy atom. The third-order valence-corrected chi connectivity index (χ3v) is 5.68. The van der Waals surface area contributed by atoms with Crippen LogP contribution in [0.4, 0.5) is 0 Å². The summed E-state index contributed by atoms with van der Waals surface area (Å²) in [4.78, 5) is 27.2. The van der Waals surface area contributed by atoms with Crippen molar-refractivity contribution in [3.8, 4) is 0 Å². The molecule has 7 heteroatoms. The smallest absolute Gasteiger partial charge is 0.267 e. The van der Waals surface area contributed by atoms with E-state index in [9.17, 15) is 9.59 Å². The summed E-state index contributed by atoms with van der Waals surface area (Å²) in [7, 11) is 1.75. The molecule has 1 aliphatic carbocycles. The van der Waals surface area contributed by atoms with E-state index < -0.39 is 0 Å². The van der Waals surface area contributed by atoms with Gasteiger partial charge in [0.1, 0.15) is 6.54 Å². The van der Waals surface area contributed by atoms with Crippen molar-refractivity contribution in [2.75, 3.05) is 7.05 Å². The standard InChI is InChI=1S/C16H18BrN3O2S/c1-19(8-13-7-12(17)10-23-13)16(22)9-20-15(21)6-11-4-2-3-5-14(11)18-20/h6-7,10H,2-5,8-9H2,1H3. The fourth-order valence-corrected chi connectivity index (χ4v) is 4.23. The number of carbonyl (C=O) groups excluding carboxylic acids is 1. The Morgan fingerprint density at radius 2 is 2.17 bits per heavy atom. The van der Waals surface area contributed by atoms with Gasteiger partial charge >= 0.3 is 0 Å². The molecule has 0 atom stereocenters. The van der Waals surface area contributed by atoms with Gasteiger partial charge in [-0.2, -0.15) is 5.10 Å². The number of aromatic nitrogens is 2. The lowest BCUT2D eigenvalue weighted by Gasteiger charge is -2.18. The van der Waals surface area contributed by atoms with E-state index in [1.165, 1.54) is 4.68 Å². The largest absolute Gasteiger partial charge is 0.339 e. The summed E-state index contributed by atoms with van der Waals surface area (Å²) in [6.45, 7) is 0.532. The number of hydrogen-bond acceptors (Lipinski definition) is 4. The molecule has 3 rings (SSSR count). The average Bonchev–Trinajstić information content (AvgIpc) is 2.93. The van der Waals surface area contributed by atoms with Crippen LogP contribution in [0.2, 0.25) is 0 Å². The highest BCUT2D eigenvalue weighted by molar-refractivity contribution is 9.10. The maximum absolute atomic E-state index is 12.4. The molecule has 2 aromatic rings. The number of likely N-dealkylation sites (N-methyl/N-ethyl adjacent to an activating group) is 1. The van der Waals surface area contributed by atoms with E-state index in [2.05, 4.69) is 21.0 Å². The molecule has 2 heterocycles. The molecule has 1 amide bonds. The van der Waals surface area contributed by atoms with Gasteiger partial charge in [-0.15, -0.1) is 11.3 Å². The Morgan fingerprint density at radius 1 is 1.39 bits per heavy atom. The van der Waals surface area contributed by atoms with Gasteiger partial charge in [0.05, 0.1) is 12.2 Å². The summed E-state index contributed by atoms with van der Waals surface area (Å²) < 4.78 is 2.32. The molecule has 1 aliphatic rings. The van der Waals surface area contributed by atoms with Crippen LogP contribution in [-0.2, 0) is 30.7 Å². The van der Waals surface area contributed by atoms with Crippen LogP contribution in [0.15, 0.2) is 26.8 Å². The van der Waals surface area contributed by atoms with Crippen molar-refractivity contribution in [3.05, 3.63) is 48.5 Å². The molecule has 122 valence electrons. The molecule has 0 saturated heterocycles. The van der Waals surface area contributed by atoms with Crippen LogP contribution in [0.3, 0.4) is 0 Å². The molecule has 0 bridgehead atoms. The van der Waals surface area contributed by atoms with Gasteiger partial charge < -0.3 is 4.90 Å². The van der Waals surface area contributed by atoms with E-state index in [4.69, 9.17) is 0 Å². The maximum Gasteiger partial charge on any atom is 0.267 e. The predicted octanol–water partition coefficient (Wildman–Crippen LogP) is 2.60. The molecule has 2 aromatic heterocycles. The Hall–Kier alpha value is -1.47. The summed E-state index contributed by atoms with van der Waals surface area (Å²) in [6.07, 6.45) is 4.01. The van der Waals surface area contributed by atoms with Gasteiger partial charge in [-0.3, -0.25) is 9.59 Å². The molecule has 0 fully saturated rings. The molecule has 0 spiro atoms. The number of carbonyl (C=O) groups is 1. The van der Waals surface area contributed by atoms with Gasteiger partial charge in [-0.05, 0) is 53.2 Å². The number of hydrogen-bond donors (Lipinski definition) is 0. The molecule has 5 nitrogen and oxygen atoms in total. The number of nitrogens with zero attached hydrogens (tertiary/aromatic N) is 3. The van der Waals surface area contributed by atoms with Gasteiger partial charge in [-0.1, -0.05) is 0 Å². The Kier molecular flexibility index (Phi) is 4.96. The Balaban J connectivity index is 1.71. The molecular formula is C16H18BrN3O2S. The highest BCUT2D eigenvalue weighted by atomic mass is 79.9. The SMILES string of the molecule is CN(Cc1cc(Br)cs1)C(=O)Cn1nc2c(cc1=O)CCCC2. The summed E-state index contributed by atoms with van der Waals surface area (Å²) in [5, 5.41) is 6.39. The van der Waals surface area contributed by atoms with Crippen molar-refractivity contribution >= 4 is 33.2 Å². The van der Waals surface area contributed by atoms with E-state index in [0.29, 0.717) is 6.54 Å². The first-order valence-corrected chi connectivity index (χ1v) is 9.27. The molecule has 0 aliphatic heterocycles. The highest BCUT2D eigenvalue weighted by Crippen LogP contribution is 2.21. The minimum atomic E-state index is -0.189. The second-order valence-electron chi connectivity index (χ2n) is 5.80. The summed E-state index contributed by atoms with van der Waals surface area (Å²) in [5.41, 5.74) is 1.82. The summed E-state index contributed by atoms with van der Waals surface area (Å²) in [6, 6.07) is 3.64. The number of thiophene rings is 1. The number of amides is 1. The van der Waals surface area contributed by atoms with E-state index in [1.54, 1.807) is 29.4 Å². The first kappa shape index (κ1) is 16.4. The molecule has 23 heavy (non-hydrogen) atoms. The van der Waals surface area contributed by atoms with Crippen LogP contribution >= 0.6 is 27.3 Å². The van der Waals surface area contributed by atoms with Gasteiger partial charge in [0.25, 0.3) is 5.56 Å². The topological polar surface area (TPSA) is 55.2 Å². The molecule has 0 unspecified atom stereocenters. The van der Waals surface area contributed by atoms with Crippen LogP contribution < -0.4 is 5.56 Å². The number of fused-ring (bicyclic) bond motifs is 1. The minimum absolute atomic E-state index is 0.00480. The van der Waals surface area contributed by atoms with E-state index in [1.807, 2.05) is 11.4 Å². The van der Waals surface area contributed by atoms with Crippen molar-refractivity contribution in [3.63, 3.8) is 0 Å². The van der Waals surface area contributed by atoms with Crippen LogP contribution in [0, 0.1) is 0 Å². The first-order chi connectivity index (χ1) is 11.0. The third-order valence-electron chi connectivity index (χ3n) is 4.00. The maximum atomic E-state index is 12.4. The molecule has 0 aromatic carbocycles. The lowest BCUT2D eigenvalue weighted by Crippen LogP contribution is -2.35. The minimum Gasteiger partial charge on any atom is -0.339 e. The molecule has 0 radical (unpaired) electrons. The summed E-state index contributed by atoms with van der Waals surface area (Å²) in [5.74, 6) is -0.111. The van der Waals surface area contributed by atoms with Crippen LogP contribution in [-0.4, -0.2) is 27.6 Å². The van der Waals surface area contributed by atoms with Gasteiger partial charge in [0.15, 0.2) is 0 Å². The first-order valence-electron chi connectivity index (χ1n) is 7.60. The van der Waals surface area contributed by atoms with Crippen molar-refractivity contribution in [1.82, 2.24) is 14.7 Å². The van der Waals surface area contributed by atoms with E-state index in [-0.39, 0.29) is 18.0 Å². The monoisotopic (exact) mass is 395 g/mol. The zero-order valence-electron chi connectivity index (χ0n) is 12.9. The Bertz CT molecular complexity index is 784. The van der Waals surface area contributed by atoms with Crippen LogP contribution in [0.1, 0.15) is 29.0 Å². The van der Waals surface area contributed by atoms with Crippen molar-refractivity contribution < 1.29 is 4.79 Å². The lowest BCUT2D eigenvalue weighted by molar-refractivity contribution is -0.131. The average molecular weight is 396 g/mol.